The molecule has 19 heavy (non-hydrogen) atoms. The molecule has 0 aliphatic heterocycles. The van der Waals surface area contributed by atoms with Crippen LogP contribution in [0.25, 0.3) is 0 Å². The van der Waals surface area contributed by atoms with E-state index in [9.17, 15) is 9.59 Å². The molecule has 0 spiro atoms. The van der Waals surface area contributed by atoms with Crippen molar-refractivity contribution in [3.63, 3.8) is 0 Å². The number of hydrogen-bond acceptors (Lipinski definition) is 6. The van der Waals surface area contributed by atoms with Gasteiger partial charge in [0, 0.05) is 13.6 Å². The summed E-state index contributed by atoms with van der Waals surface area (Å²) in [4.78, 5) is 23.9. The molecule has 1 aromatic rings. The van der Waals surface area contributed by atoms with Gasteiger partial charge in [-0.15, -0.1) is 11.3 Å². The van der Waals surface area contributed by atoms with Crippen molar-refractivity contribution in [2.45, 2.75) is 20.3 Å². The van der Waals surface area contributed by atoms with Crippen LogP contribution in [0.15, 0.2) is 0 Å². The average molecular weight is 285 g/mol. The fraction of sp³-hybridized carbons (Fsp3) is 0.500. The molecule has 0 bridgehead atoms. The minimum atomic E-state index is -0.500. The number of nitrogen functional groups attached to an aromatic ring is 1. The summed E-state index contributed by atoms with van der Waals surface area (Å²) in [6.07, 6.45) is 0.903. The smallest absolute Gasteiger partial charge is 0.350 e. The topological polar surface area (TPSA) is 93.4 Å². The number of carbonyl (C=O) groups is 2. The molecule has 7 heteroatoms. The fourth-order valence-electron chi connectivity index (χ4n) is 1.51. The maximum Gasteiger partial charge on any atom is 0.350 e. The second-order valence-electron chi connectivity index (χ2n) is 3.78. The summed E-state index contributed by atoms with van der Waals surface area (Å²) in [5, 5.41) is 6.22. The lowest BCUT2D eigenvalue weighted by Gasteiger charge is -2.05. The number of anilines is 2. The minimum Gasteiger partial charge on any atom is -0.462 e. The van der Waals surface area contributed by atoms with Crippen LogP contribution in [0, 0.1) is 0 Å². The maximum atomic E-state index is 11.8. The number of ether oxygens (including phenoxy) is 1. The first kappa shape index (κ1) is 15.3. The Hall–Kier alpha value is -1.76. The van der Waals surface area contributed by atoms with E-state index in [2.05, 4.69) is 10.6 Å². The Morgan fingerprint density at radius 1 is 1.37 bits per heavy atom. The van der Waals surface area contributed by atoms with E-state index in [-0.39, 0.29) is 23.1 Å². The third-order valence-electron chi connectivity index (χ3n) is 2.40. The predicted molar refractivity (Wildman–Crippen MR) is 76.9 cm³/mol. The van der Waals surface area contributed by atoms with Gasteiger partial charge < -0.3 is 21.1 Å². The number of nitrogens with one attached hydrogen (secondary N) is 2. The van der Waals surface area contributed by atoms with Crippen molar-refractivity contribution < 1.29 is 14.3 Å². The highest BCUT2D eigenvalue weighted by molar-refractivity contribution is 7.19. The van der Waals surface area contributed by atoms with Crippen LogP contribution in [-0.4, -0.2) is 32.1 Å². The molecule has 1 heterocycles. The van der Waals surface area contributed by atoms with Gasteiger partial charge in [-0.2, -0.15) is 0 Å². The van der Waals surface area contributed by atoms with Gasteiger partial charge in [0.05, 0.1) is 17.9 Å². The van der Waals surface area contributed by atoms with Crippen LogP contribution in [0.4, 0.5) is 10.7 Å². The molecule has 1 amide bonds. The summed E-state index contributed by atoms with van der Waals surface area (Å²) in [6.45, 7) is 4.70. The van der Waals surface area contributed by atoms with Gasteiger partial charge in [-0.25, -0.2) is 4.79 Å². The van der Waals surface area contributed by atoms with Crippen LogP contribution >= 0.6 is 11.3 Å². The van der Waals surface area contributed by atoms with E-state index in [0.717, 1.165) is 17.8 Å². The van der Waals surface area contributed by atoms with Crippen molar-refractivity contribution in [2.75, 3.05) is 31.2 Å². The third kappa shape index (κ3) is 3.37. The van der Waals surface area contributed by atoms with E-state index >= 15 is 0 Å². The Balaban J connectivity index is 3.18. The molecule has 106 valence electrons. The van der Waals surface area contributed by atoms with E-state index < -0.39 is 5.97 Å². The molecule has 0 saturated heterocycles. The lowest BCUT2D eigenvalue weighted by molar-refractivity contribution is 0.0533. The van der Waals surface area contributed by atoms with Gasteiger partial charge in [0.2, 0.25) is 0 Å². The van der Waals surface area contributed by atoms with Crippen molar-refractivity contribution in [2.24, 2.45) is 0 Å². The second kappa shape index (κ2) is 6.98. The van der Waals surface area contributed by atoms with Gasteiger partial charge in [0.1, 0.15) is 9.88 Å². The summed E-state index contributed by atoms with van der Waals surface area (Å²) < 4.78 is 4.93. The van der Waals surface area contributed by atoms with Gasteiger partial charge in [0.15, 0.2) is 0 Å². The summed E-state index contributed by atoms with van der Waals surface area (Å²) in [7, 11) is 1.52. The van der Waals surface area contributed by atoms with Gasteiger partial charge >= 0.3 is 5.97 Å². The first-order valence-electron chi connectivity index (χ1n) is 6.12. The van der Waals surface area contributed by atoms with Crippen LogP contribution < -0.4 is 16.4 Å². The van der Waals surface area contributed by atoms with Crippen LogP contribution in [0.1, 0.15) is 40.3 Å². The van der Waals surface area contributed by atoms with Crippen LogP contribution in [0.2, 0.25) is 0 Å². The standard InChI is InChI=1S/C12H19N3O3S/c1-4-6-15-11-7(10(16)14-3)8(13)9(19-11)12(17)18-5-2/h15H,4-6,13H2,1-3H3,(H,14,16). The average Bonchev–Trinajstić information content (AvgIpc) is 2.73. The van der Waals surface area contributed by atoms with Gasteiger partial charge in [-0.3, -0.25) is 4.79 Å². The van der Waals surface area contributed by atoms with E-state index in [1.165, 1.54) is 7.05 Å². The number of nitrogens with two attached hydrogens (primary N) is 1. The Morgan fingerprint density at radius 3 is 2.58 bits per heavy atom. The molecule has 0 unspecified atom stereocenters. The summed E-state index contributed by atoms with van der Waals surface area (Å²) in [5.74, 6) is -0.817. The van der Waals surface area contributed by atoms with Gasteiger partial charge in [-0.05, 0) is 13.3 Å². The lowest BCUT2D eigenvalue weighted by atomic mass is 10.2. The zero-order valence-corrected chi connectivity index (χ0v) is 12.1. The fourth-order valence-corrected chi connectivity index (χ4v) is 2.54. The highest BCUT2D eigenvalue weighted by atomic mass is 32.1. The van der Waals surface area contributed by atoms with Crippen LogP contribution in [0.5, 0.6) is 0 Å². The Labute approximate surface area is 116 Å². The van der Waals surface area contributed by atoms with Crippen molar-refractivity contribution in [1.82, 2.24) is 5.32 Å². The minimum absolute atomic E-state index is 0.168. The van der Waals surface area contributed by atoms with Crippen molar-refractivity contribution in [3.8, 4) is 0 Å². The molecular weight excluding hydrogens is 266 g/mol. The number of esters is 1. The normalized spacial score (nSPS) is 10.1. The molecule has 0 atom stereocenters. The molecule has 0 fully saturated rings. The van der Waals surface area contributed by atoms with Crippen molar-refractivity contribution in [3.05, 3.63) is 10.4 Å². The molecule has 0 saturated carbocycles. The SMILES string of the molecule is CCCNc1sc(C(=O)OCC)c(N)c1C(=O)NC. The van der Waals surface area contributed by atoms with Crippen molar-refractivity contribution >= 4 is 33.9 Å². The van der Waals surface area contributed by atoms with Gasteiger partial charge in [0.25, 0.3) is 5.91 Å². The Bertz CT molecular complexity index is 471. The largest absolute Gasteiger partial charge is 0.462 e. The second-order valence-corrected chi connectivity index (χ2v) is 4.80. The van der Waals surface area contributed by atoms with E-state index in [1.807, 2.05) is 6.92 Å². The molecule has 1 aromatic heterocycles. The zero-order valence-electron chi connectivity index (χ0n) is 11.3. The Morgan fingerprint density at radius 2 is 2.05 bits per heavy atom. The van der Waals surface area contributed by atoms with Crippen LogP contribution in [0.3, 0.4) is 0 Å². The number of carbonyl (C=O) groups excluding carboxylic acids is 2. The first-order valence-corrected chi connectivity index (χ1v) is 6.93. The predicted octanol–water partition coefficient (Wildman–Crippen LogP) is 1.69. The number of hydrogen-bond donors (Lipinski definition) is 3. The summed E-state index contributed by atoms with van der Waals surface area (Å²) in [6, 6.07) is 0. The van der Waals surface area contributed by atoms with Gasteiger partial charge in [-0.1, -0.05) is 6.92 Å². The highest BCUT2D eigenvalue weighted by Gasteiger charge is 2.25. The first-order chi connectivity index (χ1) is 9.06. The van der Waals surface area contributed by atoms with Crippen molar-refractivity contribution in [1.29, 1.82) is 0 Å². The maximum absolute atomic E-state index is 11.8. The molecule has 0 aromatic carbocycles. The molecule has 6 nitrogen and oxygen atoms in total. The van der Waals surface area contributed by atoms with E-state index in [0.29, 0.717) is 17.1 Å². The highest BCUT2D eigenvalue weighted by Crippen LogP contribution is 2.36. The monoisotopic (exact) mass is 285 g/mol. The molecule has 0 aliphatic carbocycles. The molecule has 0 radical (unpaired) electrons. The Kier molecular flexibility index (Phi) is 5.62. The number of amides is 1. The number of rotatable bonds is 6. The van der Waals surface area contributed by atoms with E-state index in [1.54, 1.807) is 6.92 Å². The molecular formula is C12H19N3O3S. The zero-order chi connectivity index (χ0) is 14.4. The molecule has 4 N–H and O–H groups in total. The molecule has 1 rings (SSSR count). The third-order valence-corrected chi connectivity index (χ3v) is 3.54. The number of thiophene rings is 1. The van der Waals surface area contributed by atoms with E-state index in [4.69, 9.17) is 10.5 Å². The quantitative estimate of drug-likeness (QED) is 0.692. The molecule has 0 aliphatic rings. The summed E-state index contributed by atoms with van der Waals surface area (Å²) in [5.41, 5.74) is 6.37. The summed E-state index contributed by atoms with van der Waals surface area (Å²) >= 11 is 1.15. The lowest BCUT2D eigenvalue weighted by Crippen LogP contribution is -2.20. The van der Waals surface area contributed by atoms with Crippen LogP contribution in [-0.2, 0) is 4.74 Å².